The third-order valence-electron chi connectivity index (χ3n) is 4.23. The van der Waals surface area contributed by atoms with Crippen molar-refractivity contribution in [3.05, 3.63) is 46.6 Å². The van der Waals surface area contributed by atoms with Gasteiger partial charge < -0.3 is 15.6 Å². The van der Waals surface area contributed by atoms with Gasteiger partial charge in [-0.25, -0.2) is 0 Å². The zero-order chi connectivity index (χ0) is 15.7. The van der Waals surface area contributed by atoms with Crippen LogP contribution >= 0.6 is 28.3 Å². The molecular weight excluding hydrogens is 378 g/mol. The van der Waals surface area contributed by atoms with Gasteiger partial charge in [-0.2, -0.15) is 0 Å². The van der Waals surface area contributed by atoms with E-state index in [1.807, 2.05) is 48.0 Å². The molecule has 1 unspecified atom stereocenters. The van der Waals surface area contributed by atoms with Crippen LogP contribution in [0, 0.1) is 5.92 Å². The molecule has 1 aliphatic rings. The van der Waals surface area contributed by atoms with Crippen LogP contribution in [0.1, 0.15) is 23.3 Å². The number of carbonyl (C=O) groups is 1. The lowest BCUT2D eigenvalue weighted by molar-refractivity contribution is 0.0942. The minimum atomic E-state index is -0.0723. The van der Waals surface area contributed by atoms with Crippen molar-refractivity contribution in [1.82, 2.24) is 9.88 Å². The van der Waals surface area contributed by atoms with E-state index < -0.39 is 0 Å². The lowest BCUT2D eigenvalue weighted by Crippen LogP contribution is -2.39. The van der Waals surface area contributed by atoms with Crippen molar-refractivity contribution in [1.29, 1.82) is 0 Å². The minimum Gasteiger partial charge on any atom is -0.349 e. The van der Waals surface area contributed by atoms with Crippen molar-refractivity contribution in [3.63, 3.8) is 0 Å². The van der Waals surface area contributed by atoms with Gasteiger partial charge in [0.05, 0.1) is 0 Å². The summed E-state index contributed by atoms with van der Waals surface area (Å²) >= 11 is 3.56. The molecule has 1 heterocycles. The number of rotatable bonds is 5. The molecule has 124 valence electrons. The number of aromatic nitrogens is 1. The van der Waals surface area contributed by atoms with E-state index in [0.717, 1.165) is 15.7 Å². The molecular formula is C17H21BrClN3O. The van der Waals surface area contributed by atoms with Gasteiger partial charge >= 0.3 is 0 Å². The molecule has 0 bridgehead atoms. The summed E-state index contributed by atoms with van der Waals surface area (Å²) in [5.41, 5.74) is 8.75. The van der Waals surface area contributed by atoms with Crippen molar-refractivity contribution in [2.45, 2.75) is 18.9 Å². The first-order valence-corrected chi connectivity index (χ1v) is 8.31. The summed E-state index contributed by atoms with van der Waals surface area (Å²) in [7, 11) is 1.91. The van der Waals surface area contributed by atoms with Gasteiger partial charge in [0.15, 0.2) is 0 Å². The van der Waals surface area contributed by atoms with Crippen LogP contribution in [0.15, 0.2) is 40.9 Å². The first-order chi connectivity index (χ1) is 10.6. The van der Waals surface area contributed by atoms with Crippen LogP contribution in [-0.4, -0.2) is 23.1 Å². The molecule has 6 heteroatoms. The highest BCUT2D eigenvalue weighted by Crippen LogP contribution is 2.31. The van der Waals surface area contributed by atoms with E-state index in [4.69, 9.17) is 5.73 Å². The van der Waals surface area contributed by atoms with Gasteiger partial charge in [0.2, 0.25) is 0 Å². The predicted molar refractivity (Wildman–Crippen MR) is 98.8 cm³/mol. The molecule has 1 aromatic carbocycles. The Morgan fingerprint density at radius 2 is 2.04 bits per heavy atom. The van der Waals surface area contributed by atoms with Crippen molar-refractivity contribution in [3.8, 4) is 11.3 Å². The normalized spacial score (nSPS) is 14.9. The Balaban J connectivity index is 0.00000192. The van der Waals surface area contributed by atoms with Gasteiger partial charge in [-0.3, -0.25) is 4.79 Å². The molecule has 23 heavy (non-hydrogen) atoms. The Labute approximate surface area is 151 Å². The number of hydrogen-bond donors (Lipinski definition) is 2. The molecule has 1 aliphatic carbocycles. The first kappa shape index (κ1) is 18.0. The minimum absolute atomic E-state index is 0. The molecule has 0 spiro atoms. The zero-order valence-corrected chi connectivity index (χ0v) is 15.4. The smallest absolute Gasteiger partial charge is 0.267 e. The maximum atomic E-state index is 12.3. The Bertz CT molecular complexity index is 697. The number of nitrogens with zero attached hydrogens (tertiary/aromatic N) is 1. The fraction of sp³-hybridized carbons (Fsp3) is 0.353. The Hall–Kier alpha value is -1.30. The SMILES string of the molecule is Cl.Cn1c(C(=O)NCC(N)C2CC2)ccc1-c1ccccc1Br. The molecule has 0 aliphatic heterocycles. The van der Waals surface area contributed by atoms with E-state index in [1.54, 1.807) is 0 Å². The Morgan fingerprint density at radius 1 is 1.35 bits per heavy atom. The summed E-state index contributed by atoms with van der Waals surface area (Å²) in [5, 5.41) is 2.94. The van der Waals surface area contributed by atoms with Gasteiger partial charge in [-0.1, -0.05) is 34.1 Å². The quantitative estimate of drug-likeness (QED) is 0.811. The van der Waals surface area contributed by atoms with E-state index >= 15 is 0 Å². The summed E-state index contributed by atoms with van der Waals surface area (Å²) in [4.78, 5) is 12.3. The number of nitrogens with one attached hydrogen (secondary N) is 1. The molecule has 1 atom stereocenters. The number of nitrogens with two attached hydrogens (primary N) is 1. The average molecular weight is 399 g/mol. The van der Waals surface area contributed by atoms with Crippen molar-refractivity contribution < 1.29 is 4.79 Å². The number of amides is 1. The summed E-state index contributed by atoms with van der Waals surface area (Å²) < 4.78 is 2.93. The van der Waals surface area contributed by atoms with E-state index in [-0.39, 0.29) is 24.4 Å². The number of benzene rings is 1. The van der Waals surface area contributed by atoms with Crippen molar-refractivity contribution >= 4 is 34.2 Å². The van der Waals surface area contributed by atoms with E-state index in [2.05, 4.69) is 21.2 Å². The van der Waals surface area contributed by atoms with Gasteiger partial charge in [0, 0.05) is 35.4 Å². The maximum Gasteiger partial charge on any atom is 0.267 e. The number of hydrogen-bond acceptors (Lipinski definition) is 2. The third kappa shape index (κ3) is 3.97. The molecule has 4 nitrogen and oxygen atoms in total. The predicted octanol–water partition coefficient (Wildman–Crippen LogP) is 3.34. The maximum absolute atomic E-state index is 12.3. The van der Waals surface area contributed by atoms with Crippen molar-refractivity contribution in [2.75, 3.05) is 6.54 Å². The summed E-state index contributed by atoms with van der Waals surface area (Å²) in [6, 6.07) is 11.9. The molecule has 3 rings (SSSR count). The van der Waals surface area contributed by atoms with Crippen LogP contribution in [0.3, 0.4) is 0 Å². The highest BCUT2D eigenvalue weighted by Gasteiger charge is 2.28. The zero-order valence-electron chi connectivity index (χ0n) is 13.0. The topological polar surface area (TPSA) is 60.0 Å². The second-order valence-electron chi connectivity index (χ2n) is 5.85. The lowest BCUT2D eigenvalue weighted by Gasteiger charge is -2.13. The summed E-state index contributed by atoms with van der Waals surface area (Å²) in [6.45, 7) is 0.541. The second kappa shape index (κ2) is 7.51. The van der Waals surface area contributed by atoms with Crippen LogP contribution in [0.4, 0.5) is 0 Å². The van der Waals surface area contributed by atoms with Gasteiger partial charge in [-0.15, -0.1) is 12.4 Å². The molecule has 1 fully saturated rings. The average Bonchev–Trinajstić information content (AvgIpc) is 3.29. The first-order valence-electron chi connectivity index (χ1n) is 7.52. The third-order valence-corrected chi connectivity index (χ3v) is 4.92. The highest BCUT2D eigenvalue weighted by molar-refractivity contribution is 9.10. The fourth-order valence-corrected chi connectivity index (χ4v) is 3.16. The number of carbonyl (C=O) groups excluding carboxylic acids is 1. The van der Waals surface area contributed by atoms with E-state index in [0.29, 0.717) is 18.2 Å². The highest BCUT2D eigenvalue weighted by atomic mass is 79.9. The van der Waals surface area contributed by atoms with E-state index in [1.165, 1.54) is 12.8 Å². The van der Waals surface area contributed by atoms with Crippen LogP contribution in [0.5, 0.6) is 0 Å². The number of halogens is 2. The Morgan fingerprint density at radius 3 is 2.70 bits per heavy atom. The second-order valence-corrected chi connectivity index (χ2v) is 6.71. The summed E-state index contributed by atoms with van der Waals surface area (Å²) in [5.74, 6) is 0.515. The van der Waals surface area contributed by atoms with Crippen LogP contribution in [-0.2, 0) is 7.05 Å². The molecule has 1 amide bonds. The van der Waals surface area contributed by atoms with Crippen molar-refractivity contribution in [2.24, 2.45) is 18.7 Å². The Kier molecular flexibility index (Phi) is 5.89. The molecule has 0 saturated heterocycles. The van der Waals surface area contributed by atoms with E-state index in [9.17, 15) is 4.79 Å². The fourth-order valence-electron chi connectivity index (χ4n) is 2.67. The lowest BCUT2D eigenvalue weighted by atomic mass is 10.1. The molecule has 3 N–H and O–H groups in total. The summed E-state index contributed by atoms with van der Waals surface area (Å²) in [6.07, 6.45) is 2.38. The largest absolute Gasteiger partial charge is 0.349 e. The van der Waals surface area contributed by atoms with Crippen LogP contribution < -0.4 is 11.1 Å². The monoisotopic (exact) mass is 397 g/mol. The molecule has 1 saturated carbocycles. The van der Waals surface area contributed by atoms with Crippen LogP contribution in [0.25, 0.3) is 11.3 Å². The van der Waals surface area contributed by atoms with Gasteiger partial charge in [0.1, 0.15) is 5.69 Å². The van der Waals surface area contributed by atoms with Crippen LogP contribution in [0.2, 0.25) is 0 Å². The molecule has 0 radical (unpaired) electrons. The standard InChI is InChI=1S/C17H20BrN3O.ClH/c1-21-15(12-4-2-3-5-13(12)18)8-9-16(21)17(22)20-10-14(19)11-6-7-11;/h2-5,8-9,11,14H,6-7,10,19H2,1H3,(H,20,22);1H. The molecule has 1 aromatic heterocycles. The van der Waals surface area contributed by atoms with Gasteiger partial charge in [-0.05, 0) is 37.0 Å². The molecule has 2 aromatic rings. The van der Waals surface area contributed by atoms with Gasteiger partial charge in [0.25, 0.3) is 5.91 Å².